The van der Waals surface area contributed by atoms with E-state index in [4.69, 9.17) is 11.6 Å². The largest absolute Gasteiger partial charge is 0.504 e. The van der Waals surface area contributed by atoms with Crippen molar-refractivity contribution in [3.8, 4) is 11.5 Å². The van der Waals surface area contributed by atoms with Crippen LogP contribution in [-0.2, 0) is 0 Å². The molecule has 0 saturated heterocycles. The number of halogens is 2. The molecule has 0 amide bonds. The van der Waals surface area contributed by atoms with E-state index >= 15 is 0 Å². The highest BCUT2D eigenvalue weighted by Gasteiger charge is 2.22. The van der Waals surface area contributed by atoms with E-state index < -0.39 is 29.0 Å². The number of hydrogen-bond donors (Lipinski definition) is 4. The summed E-state index contributed by atoms with van der Waals surface area (Å²) in [6.07, 6.45) is -1.28. The van der Waals surface area contributed by atoms with E-state index in [-0.39, 0.29) is 11.6 Å². The zero-order valence-corrected chi connectivity index (χ0v) is 8.72. The summed E-state index contributed by atoms with van der Waals surface area (Å²) in [6.45, 7) is 0.0320. The molecule has 15 heavy (non-hydrogen) atoms. The van der Waals surface area contributed by atoms with Gasteiger partial charge in [0.1, 0.15) is 0 Å². The first-order valence-electron chi connectivity index (χ1n) is 4.21. The molecule has 6 heteroatoms. The fourth-order valence-corrected chi connectivity index (χ4v) is 1.43. The van der Waals surface area contributed by atoms with Crippen molar-refractivity contribution >= 4 is 11.6 Å². The summed E-state index contributed by atoms with van der Waals surface area (Å²) in [4.78, 5) is 0. The molecule has 84 valence electrons. The van der Waals surface area contributed by atoms with Gasteiger partial charge in [-0.3, -0.25) is 0 Å². The number of phenols is 2. The van der Waals surface area contributed by atoms with Gasteiger partial charge in [0.2, 0.25) is 0 Å². The van der Waals surface area contributed by atoms with Crippen LogP contribution in [0.4, 0.5) is 4.39 Å². The molecule has 0 aliphatic heterocycles. The normalized spacial score (nSPS) is 12.8. The number of rotatable bonds is 3. The van der Waals surface area contributed by atoms with Crippen molar-refractivity contribution < 1.29 is 19.7 Å². The maximum absolute atomic E-state index is 13.4. The quantitative estimate of drug-likeness (QED) is 0.593. The highest BCUT2D eigenvalue weighted by molar-refractivity contribution is 6.31. The number of aliphatic hydroxyl groups excluding tert-OH is 1. The summed E-state index contributed by atoms with van der Waals surface area (Å²) in [5.74, 6) is -2.19. The lowest BCUT2D eigenvalue weighted by Gasteiger charge is -2.14. The van der Waals surface area contributed by atoms with Crippen LogP contribution in [0.1, 0.15) is 11.7 Å². The Morgan fingerprint density at radius 1 is 1.53 bits per heavy atom. The molecule has 0 radical (unpaired) electrons. The number of hydrogen-bond acceptors (Lipinski definition) is 4. The average molecular weight is 236 g/mol. The second kappa shape index (κ2) is 4.65. The molecule has 1 rings (SSSR count). The highest BCUT2D eigenvalue weighted by Crippen LogP contribution is 2.38. The molecule has 0 fully saturated rings. The molecule has 4 N–H and O–H groups in total. The minimum Gasteiger partial charge on any atom is -0.504 e. The number of aliphatic hydroxyl groups is 1. The van der Waals surface area contributed by atoms with Gasteiger partial charge in [0, 0.05) is 12.6 Å². The van der Waals surface area contributed by atoms with Crippen molar-refractivity contribution in [3.05, 3.63) is 22.5 Å². The summed E-state index contributed by atoms with van der Waals surface area (Å²) < 4.78 is 13.4. The number of phenolic OH excluding ortho intramolecular Hbond substituents is 2. The average Bonchev–Trinajstić information content (AvgIpc) is 2.16. The molecule has 0 aliphatic carbocycles. The second-order valence-corrected chi connectivity index (χ2v) is 3.43. The molecular formula is C9H11ClFNO3. The Bertz CT molecular complexity index is 347. The molecule has 0 heterocycles. The Kier molecular flexibility index (Phi) is 3.73. The van der Waals surface area contributed by atoms with E-state index in [9.17, 15) is 19.7 Å². The number of benzene rings is 1. The monoisotopic (exact) mass is 235 g/mol. The summed E-state index contributed by atoms with van der Waals surface area (Å²) in [5.41, 5.74) is -0.408. The van der Waals surface area contributed by atoms with Gasteiger partial charge in [-0.2, -0.15) is 0 Å². The molecule has 1 aromatic rings. The van der Waals surface area contributed by atoms with Crippen LogP contribution < -0.4 is 5.32 Å². The summed E-state index contributed by atoms with van der Waals surface area (Å²) in [5, 5.41) is 30.3. The van der Waals surface area contributed by atoms with Crippen molar-refractivity contribution in [1.82, 2.24) is 5.32 Å². The Morgan fingerprint density at radius 3 is 2.67 bits per heavy atom. The highest BCUT2D eigenvalue weighted by atomic mass is 35.5. The van der Waals surface area contributed by atoms with Gasteiger partial charge in [-0.15, -0.1) is 0 Å². The molecule has 1 atom stereocenters. The number of nitrogens with one attached hydrogen (secondary N) is 1. The van der Waals surface area contributed by atoms with Gasteiger partial charge < -0.3 is 20.6 Å². The van der Waals surface area contributed by atoms with Gasteiger partial charge in [0.05, 0.1) is 16.7 Å². The fraction of sp³-hybridized carbons (Fsp3) is 0.333. The molecule has 1 aromatic carbocycles. The lowest BCUT2D eigenvalue weighted by atomic mass is 10.1. The standard InChI is InChI=1S/C9H11ClFNO3/c1-12-3-6(14)7-8(11)4(10)2-5(13)9(7)15/h2,6,12-15H,3H2,1H3. The minimum absolute atomic E-state index is 0.0320. The van der Waals surface area contributed by atoms with Crippen molar-refractivity contribution in [2.24, 2.45) is 0 Å². The van der Waals surface area contributed by atoms with E-state index in [1.165, 1.54) is 0 Å². The van der Waals surface area contributed by atoms with E-state index in [1.807, 2.05) is 0 Å². The maximum atomic E-state index is 13.4. The van der Waals surface area contributed by atoms with Crippen molar-refractivity contribution in [2.45, 2.75) is 6.10 Å². The topological polar surface area (TPSA) is 72.7 Å². The zero-order chi connectivity index (χ0) is 11.6. The lowest BCUT2D eigenvalue weighted by molar-refractivity contribution is 0.168. The second-order valence-electron chi connectivity index (χ2n) is 3.03. The van der Waals surface area contributed by atoms with E-state index in [0.29, 0.717) is 0 Å². The first-order chi connectivity index (χ1) is 6.99. The lowest BCUT2D eigenvalue weighted by Crippen LogP contribution is -2.18. The van der Waals surface area contributed by atoms with Crippen molar-refractivity contribution in [1.29, 1.82) is 0 Å². The predicted octanol–water partition coefficient (Wildman–Crippen LogP) is 1.14. The molecule has 0 spiro atoms. The Labute approximate surface area is 90.9 Å². The van der Waals surface area contributed by atoms with Crippen LogP contribution in [0, 0.1) is 5.82 Å². The van der Waals surface area contributed by atoms with Crippen LogP contribution in [0.15, 0.2) is 6.07 Å². The Balaban J connectivity index is 3.26. The van der Waals surface area contributed by atoms with Gasteiger partial charge in [-0.1, -0.05) is 11.6 Å². The minimum atomic E-state index is -1.28. The third-order valence-corrected chi connectivity index (χ3v) is 2.21. The van der Waals surface area contributed by atoms with E-state index in [0.717, 1.165) is 6.07 Å². The van der Waals surface area contributed by atoms with Crippen LogP contribution in [0.3, 0.4) is 0 Å². The molecule has 4 nitrogen and oxygen atoms in total. The Morgan fingerprint density at radius 2 is 2.13 bits per heavy atom. The van der Waals surface area contributed by atoms with Gasteiger partial charge >= 0.3 is 0 Å². The predicted molar refractivity (Wildman–Crippen MR) is 53.6 cm³/mol. The number of likely N-dealkylation sites (N-methyl/N-ethyl adjacent to an activating group) is 1. The molecule has 0 bridgehead atoms. The molecule has 1 unspecified atom stereocenters. The third-order valence-electron chi connectivity index (χ3n) is 1.94. The van der Waals surface area contributed by atoms with Crippen molar-refractivity contribution in [3.63, 3.8) is 0 Å². The molecule has 0 aromatic heterocycles. The third kappa shape index (κ3) is 2.31. The smallest absolute Gasteiger partial charge is 0.166 e. The van der Waals surface area contributed by atoms with E-state index in [1.54, 1.807) is 7.05 Å². The van der Waals surface area contributed by atoms with Crippen LogP contribution in [0.25, 0.3) is 0 Å². The molecular weight excluding hydrogens is 225 g/mol. The van der Waals surface area contributed by atoms with Gasteiger partial charge in [0.15, 0.2) is 17.3 Å². The van der Waals surface area contributed by atoms with Gasteiger partial charge in [-0.05, 0) is 7.05 Å². The summed E-state index contributed by atoms with van der Waals surface area (Å²) in [6, 6.07) is 0.877. The maximum Gasteiger partial charge on any atom is 0.166 e. The van der Waals surface area contributed by atoms with Crippen LogP contribution in [0.5, 0.6) is 11.5 Å². The number of aromatic hydroxyl groups is 2. The molecule has 0 saturated carbocycles. The van der Waals surface area contributed by atoms with Gasteiger partial charge in [0.25, 0.3) is 0 Å². The van der Waals surface area contributed by atoms with Crippen LogP contribution in [-0.4, -0.2) is 28.9 Å². The van der Waals surface area contributed by atoms with E-state index in [2.05, 4.69) is 5.32 Å². The van der Waals surface area contributed by atoms with Gasteiger partial charge in [-0.25, -0.2) is 4.39 Å². The summed E-state index contributed by atoms with van der Waals surface area (Å²) >= 11 is 5.46. The van der Waals surface area contributed by atoms with Crippen LogP contribution in [0.2, 0.25) is 5.02 Å². The first kappa shape index (κ1) is 12.0. The summed E-state index contributed by atoms with van der Waals surface area (Å²) in [7, 11) is 1.56. The zero-order valence-electron chi connectivity index (χ0n) is 7.96. The Hall–Kier alpha value is -1.04. The first-order valence-corrected chi connectivity index (χ1v) is 4.59. The van der Waals surface area contributed by atoms with Crippen molar-refractivity contribution in [2.75, 3.05) is 13.6 Å². The van der Waals surface area contributed by atoms with Crippen LogP contribution >= 0.6 is 11.6 Å². The SMILES string of the molecule is CNCC(O)c1c(O)c(O)cc(Cl)c1F. The molecule has 0 aliphatic rings. The fourth-order valence-electron chi connectivity index (χ4n) is 1.22.